The fourth-order valence-electron chi connectivity index (χ4n) is 2.70. The van der Waals surface area contributed by atoms with Crippen LogP contribution in [0.15, 0.2) is 24.8 Å². The highest BCUT2D eigenvalue weighted by molar-refractivity contribution is 6.33. The zero-order chi connectivity index (χ0) is 14.8. The minimum atomic E-state index is -0.112. The summed E-state index contributed by atoms with van der Waals surface area (Å²) in [5.74, 6) is 0.132. The van der Waals surface area contributed by atoms with Crippen LogP contribution in [-0.4, -0.2) is 43.6 Å². The molecule has 0 aliphatic carbocycles. The number of aryl methyl sites for hydroxylation is 1. The number of halogens is 1. The van der Waals surface area contributed by atoms with Crippen molar-refractivity contribution in [1.82, 2.24) is 24.6 Å². The Morgan fingerprint density at radius 1 is 1.48 bits per heavy atom. The molecule has 1 atom stereocenters. The number of likely N-dealkylation sites (tertiary alicyclic amines) is 1. The molecule has 3 rings (SSSR count). The van der Waals surface area contributed by atoms with E-state index in [2.05, 4.69) is 15.1 Å². The van der Waals surface area contributed by atoms with Crippen LogP contribution in [0.1, 0.15) is 34.9 Å². The summed E-state index contributed by atoms with van der Waals surface area (Å²) in [4.78, 5) is 22.6. The van der Waals surface area contributed by atoms with E-state index in [-0.39, 0.29) is 11.8 Å². The summed E-state index contributed by atoms with van der Waals surface area (Å²) in [7, 11) is 1.75. The van der Waals surface area contributed by atoms with Crippen molar-refractivity contribution in [3.63, 3.8) is 0 Å². The SMILES string of the molecule is Cn1cc(Cl)c(C(=O)N2CCCC(c3ccncn3)C2)n1. The fourth-order valence-corrected chi connectivity index (χ4v) is 2.96. The van der Waals surface area contributed by atoms with Crippen LogP contribution in [-0.2, 0) is 7.05 Å². The highest BCUT2D eigenvalue weighted by atomic mass is 35.5. The lowest BCUT2D eigenvalue weighted by atomic mass is 9.94. The molecule has 6 nitrogen and oxygen atoms in total. The summed E-state index contributed by atoms with van der Waals surface area (Å²) in [6, 6.07) is 1.91. The van der Waals surface area contributed by atoms with Crippen LogP contribution < -0.4 is 0 Å². The summed E-state index contributed by atoms with van der Waals surface area (Å²) in [6.45, 7) is 1.37. The molecule has 110 valence electrons. The Bertz CT molecular complexity index is 642. The summed E-state index contributed by atoms with van der Waals surface area (Å²) < 4.78 is 1.56. The Hall–Kier alpha value is -1.95. The Morgan fingerprint density at radius 3 is 3.00 bits per heavy atom. The molecule has 1 saturated heterocycles. The molecule has 2 aromatic heterocycles. The van der Waals surface area contributed by atoms with E-state index in [4.69, 9.17) is 11.6 Å². The van der Waals surface area contributed by atoms with Gasteiger partial charge >= 0.3 is 0 Å². The van der Waals surface area contributed by atoms with Gasteiger partial charge in [0.15, 0.2) is 5.69 Å². The predicted molar refractivity (Wildman–Crippen MR) is 78.1 cm³/mol. The zero-order valence-corrected chi connectivity index (χ0v) is 12.5. The molecular weight excluding hydrogens is 290 g/mol. The van der Waals surface area contributed by atoms with Gasteiger partial charge in [-0.2, -0.15) is 5.10 Å². The number of aromatic nitrogens is 4. The standard InChI is InChI=1S/C14H16ClN5O/c1-19-8-11(15)13(18-19)14(21)20-6-2-3-10(7-20)12-4-5-16-9-17-12/h4-5,8-10H,2-3,6-7H2,1H3. The number of carbonyl (C=O) groups is 1. The van der Waals surface area contributed by atoms with Gasteiger partial charge in [0.2, 0.25) is 0 Å². The number of amides is 1. The first kappa shape index (κ1) is 14.0. The van der Waals surface area contributed by atoms with E-state index in [1.807, 2.05) is 11.0 Å². The molecular formula is C14H16ClN5O. The van der Waals surface area contributed by atoms with Gasteiger partial charge in [-0.3, -0.25) is 9.48 Å². The van der Waals surface area contributed by atoms with E-state index in [1.165, 1.54) is 0 Å². The van der Waals surface area contributed by atoms with Gasteiger partial charge in [0.05, 0.1) is 5.02 Å². The van der Waals surface area contributed by atoms with Crippen molar-refractivity contribution in [2.75, 3.05) is 13.1 Å². The van der Waals surface area contributed by atoms with Gasteiger partial charge in [-0.25, -0.2) is 9.97 Å². The zero-order valence-electron chi connectivity index (χ0n) is 11.7. The van der Waals surface area contributed by atoms with Crippen LogP contribution in [0, 0.1) is 0 Å². The lowest BCUT2D eigenvalue weighted by Crippen LogP contribution is -2.39. The van der Waals surface area contributed by atoms with Crippen molar-refractivity contribution in [3.05, 3.63) is 41.2 Å². The smallest absolute Gasteiger partial charge is 0.275 e. The first-order valence-electron chi connectivity index (χ1n) is 6.89. The summed E-state index contributed by atoms with van der Waals surface area (Å²) in [5.41, 5.74) is 1.30. The molecule has 7 heteroatoms. The monoisotopic (exact) mass is 305 g/mol. The maximum atomic E-state index is 12.5. The number of nitrogens with zero attached hydrogens (tertiary/aromatic N) is 5. The van der Waals surface area contributed by atoms with E-state index in [9.17, 15) is 4.79 Å². The molecule has 21 heavy (non-hydrogen) atoms. The van der Waals surface area contributed by atoms with Crippen molar-refractivity contribution < 1.29 is 4.79 Å². The topological polar surface area (TPSA) is 63.9 Å². The molecule has 0 aromatic carbocycles. The maximum Gasteiger partial charge on any atom is 0.275 e. The number of hydrogen-bond donors (Lipinski definition) is 0. The molecule has 1 aliphatic heterocycles. The predicted octanol–water partition coefficient (Wildman–Crippen LogP) is 1.88. The van der Waals surface area contributed by atoms with Gasteiger partial charge in [0.1, 0.15) is 6.33 Å². The molecule has 3 heterocycles. The van der Waals surface area contributed by atoms with Crippen molar-refractivity contribution in [1.29, 1.82) is 0 Å². The van der Waals surface area contributed by atoms with Gasteiger partial charge in [-0.1, -0.05) is 11.6 Å². The third-order valence-electron chi connectivity index (χ3n) is 3.72. The lowest BCUT2D eigenvalue weighted by molar-refractivity contribution is 0.0699. The van der Waals surface area contributed by atoms with Crippen LogP contribution in [0.4, 0.5) is 0 Å². The molecule has 0 saturated carbocycles. The van der Waals surface area contributed by atoms with E-state index in [1.54, 1.807) is 30.5 Å². The van der Waals surface area contributed by atoms with E-state index < -0.39 is 0 Å². The van der Waals surface area contributed by atoms with Gasteiger partial charge in [0.25, 0.3) is 5.91 Å². The van der Waals surface area contributed by atoms with E-state index >= 15 is 0 Å². The van der Waals surface area contributed by atoms with Crippen molar-refractivity contribution >= 4 is 17.5 Å². The van der Waals surface area contributed by atoms with E-state index in [0.29, 0.717) is 17.3 Å². The minimum Gasteiger partial charge on any atom is -0.337 e. The summed E-state index contributed by atoms with van der Waals surface area (Å²) in [5, 5.41) is 4.55. The fraction of sp³-hybridized carbons (Fsp3) is 0.429. The average Bonchev–Trinajstić information content (AvgIpc) is 2.86. The van der Waals surface area contributed by atoms with Crippen molar-refractivity contribution in [2.24, 2.45) is 7.05 Å². The van der Waals surface area contributed by atoms with Crippen LogP contribution in [0.3, 0.4) is 0 Å². The number of piperidine rings is 1. The second-order valence-electron chi connectivity index (χ2n) is 5.22. The molecule has 0 bridgehead atoms. The highest BCUT2D eigenvalue weighted by Gasteiger charge is 2.28. The van der Waals surface area contributed by atoms with Crippen LogP contribution in [0.5, 0.6) is 0 Å². The summed E-state index contributed by atoms with van der Waals surface area (Å²) >= 11 is 6.06. The van der Waals surface area contributed by atoms with E-state index in [0.717, 1.165) is 25.1 Å². The Morgan fingerprint density at radius 2 is 2.33 bits per heavy atom. The lowest BCUT2D eigenvalue weighted by Gasteiger charge is -2.32. The van der Waals surface area contributed by atoms with Gasteiger partial charge in [-0.05, 0) is 18.9 Å². The molecule has 0 N–H and O–H groups in total. The highest BCUT2D eigenvalue weighted by Crippen LogP contribution is 2.27. The number of rotatable bonds is 2. The van der Waals surface area contributed by atoms with Crippen LogP contribution in [0.2, 0.25) is 5.02 Å². The molecule has 0 spiro atoms. The molecule has 1 aliphatic rings. The molecule has 1 fully saturated rings. The third kappa shape index (κ3) is 2.90. The number of hydrogen-bond acceptors (Lipinski definition) is 4. The normalized spacial score (nSPS) is 18.8. The summed E-state index contributed by atoms with van der Waals surface area (Å²) in [6.07, 6.45) is 6.90. The van der Waals surface area contributed by atoms with Crippen LogP contribution in [0.25, 0.3) is 0 Å². The Balaban J connectivity index is 1.77. The molecule has 1 unspecified atom stereocenters. The molecule has 2 aromatic rings. The average molecular weight is 306 g/mol. The maximum absolute atomic E-state index is 12.5. The largest absolute Gasteiger partial charge is 0.337 e. The minimum absolute atomic E-state index is 0.112. The van der Waals surface area contributed by atoms with Gasteiger partial charge < -0.3 is 4.90 Å². The second kappa shape index (κ2) is 5.81. The molecule has 1 amide bonds. The Kier molecular flexibility index (Phi) is 3.88. The van der Waals surface area contributed by atoms with Gasteiger partial charge in [0, 0.05) is 44.1 Å². The molecule has 0 radical (unpaired) electrons. The van der Waals surface area contributed by atoms with Crippen LogP contribution >= 0.6 is 11.6 Å². The first-order chi connectivity index (χ1) is 10.1. The number of carbonyl (C=O) groups excluding carboxylic acids is 1. The van der Waals surface area contributed by atoms with Crippen molar-refractivity contribution in [2.45, 2.75) is 18.8 Å². The second-order valence-corrected chi connectivity index (χ2v) is 5.63. The van der Waals surface area contributed by atoms with Crippen molar-refractivity contribution in [3.8, 4) is 0 Å². The third-order valence-corrected chi connectivity index (χ3v) is 4.00. The Labute approximate surface area is 127 Å². The quantitative estimate of drug-likeness (QED) is 0.850. The first-order valence-corrected chi connectivity index (χ1v) is 7.27. The van der Waals surface area contributed by atoms with Gasteiger partial charge in [-0.15, -0.1) is 0 Å².